The summed E-state index contributed by atoms with van der Waals surface area (Å²) >= 11 is 0. The first-order valence-electron chi connectivity index (χ1n) is 19.1. The van der Waals surface area contributed by atoms with Gasteiger partial charge in [0.2, 0.25) is 0 Å². The highest BCUT2D eigenvalue weighted by Crippen LogP contribution is 2.40. The van der Waals surface area contributed by atoms with Crippen molar-refractivity contribution in [2.45, 2.75) is 0 Å². The van der Waals surface area contributed by atoms with Crippen LogP contribution in [0, 0.1) is 0 Å². The van der Waals surface area contributed by atoms with Crippen LogP contribution in [0.15, 0.2) is 199 Å². The van der Waals surface area contributed by atoms with Crippen LogP contribution in [0.2, 0.25) is 0 Å². The van der Waals surface area contributed by atoms with Crippen LogP contribution in [0.25, 0.3) is 111 Å². The van der Waals surface area contributed by atoms with E-state index in [0.29, 0.717) is 17.5 Å². The van der Waals surface area contributed by atoms with E-state index in [1.165, 1.54) is 5.39 Å². The Bertz CT molecular complexity index is 3280. The number of furan rings is 1. The topological polar surface area (TPSA) is 64.7 Å². The molecule has 266 valence electrons. The van der Waals surface area contributed by atoms with Crippen molar-refractivity contribution in [1.82, 2.24) is 19.9 Å². The maximum Gasteiger partial charge on any atom is 0.164 e. The zero-order valence-electron chi connectivity index (χ0n) is 30.7. The van der Waals surface area contributed by atoms with Gasteiger partial charge in [-0.05, 0) is 34.9 Å². The first-order chi connectivity index (χ1) is 28.2. The van der Waals surface area contributed by atoms with E-state index in [1.54, 1.807) is 0 Å². The normalized spacial score (nSPS) is 11.5. The molecule has 0 spiro atoms. The lowest BCUT2D eigenvalue weighted by Gasteiger charge is -2.15. The lowest BCUT2D eigenvalue weighted by molar-refractivity contribution is 0.670. The minimum atomic E-state index is 0.604. The number of aromatic nitrogens is 4. The van der Waals surface area contributed by atoms with Crippen molar-refractivity contribution in [2.24, 2.45) is 0 Å². The third kappa shape index (κ3) is 5.72. The van der Waals surface area contributed by atoms with Gasteiger partial charge in [0.25, 0.3) is 0 Å². The van der Waals surface area contributed by atoms with Gasteiger partial charge in [-0.1, -0.05) is 176 Å². The summed E-state index contributed by atoms with van der Waals surface area (Å²) in [5.74, 6) is 1.83. The Morgan fingerprint density at radius 3 is 1.61 bits per heavy atom. The van der Waals surface area contributed by atoms with Crippen LogP contribution in [0.1, 0.15) is 0 Å². The van der Waals surface area contributed by atoms with Gasteiger partial charge >= 0.3 is 0 Å². The number of para-hydroxylation sites is 3. The third-order valence-corrected chi connectivity index (χ3v) is 10.7. The standard InChI is InChI=1S/C52H32N4O/c1-3-14-34(15-4-1)48-44-25-12-22-39(47(44)43-21-7-9-26-45(43)53-48)37-18-11-19-38(32-37)52-55-50(35-16-5-2-6-17-35)54-51(56-52)36-30-28-33(29-31-36)40-23-13-24-42-41-20-8-10-27-46(41)57-49(40)42/h1-32H. The van der Waals surface area contributed by atoms with Crippen LogP contribution in [-0.2, 0) is 0 Å². The largest absolute Gasteiger partial charge is 0.455 e. The van der Waals surface area contributed by atoms with E-state index in [0.717, 1.165) is 88.4 Å². The van der Waals surface area contributed by atoms with E-state index in [9.17, 15) is 0 Å². The molecule has 0 aliphatic heterocycles. The van der Waals surface area contributed by atoms with E-state index in [2.05, 4.69) is 140 Å². The van der Waals surface area contributed by atoms with Crippen molar-refractivity contribution >= 4 is 43.6 Å². The summed E-state index contributed by atoms with van der Waals surface area (Å²) in [5.41, 5.74) is 11.8. The molecule has 0 unspecified atom stereocenters. The molecule has 5 nitrogen and oxygen atoms in total. The van der Waals surface area contributed by atoms with Crippen LogP contribution >= 0.6 is 0 Å². The molecule has 0 saturated carbocycles. The maximum atomic E-state index is 6.36. The van der Waals surface area contributed by atoms with E-state index in [-0.39, 0.29) is 0 Å². The molecular formula is C52H32N4O. The number of rotatable bonds is 6. The van der Waals surface area contributed by atoms with Gasteiger partial charge in [0.1, 0.15) is 11.2 Å². The van der Waals surface area contributed by atoms with E-state index < -0.39 is 0 Å². The highest BCUT2D eigenvalue weighted by Gasteiger charge is 2.18. The maximum absolute atomic E-state index is 6.36. The molecule has 0 bridgehead atoms. The van der Waals surface area contributed by atoms with Gasteiger partial charge in [0, 0.05) is 54.7 Å². The monoisotopic (exact) mass is 728 g/mol. The molecule has 11 aromatic rings. The molecule has 3 aromatic heterocycles. The molecule has 0 atom stereocenters. The number of hydrogen-bond donors (Lipinski definition) is 0. The molecular weight excluding hydrogens is 697 g/mol. The molecule has 0 aliphatic rings. The predicted octanol–water partition coefficient (Wildman–Crippen LogP) is 13.5. The summed E-state index contributed by atoms with van der Waals surface area (Å²) in [7, 11) is 0. The Labute approximate surface area is 328 Å². The average Bonchev–Trinajstić information content (AvgIpc) is 3.68. The summed E-state index contributed by atoms with van der Waals surface area (Å²) in [6.45, 7) is 0. The van der Waals surface area contributed by atoms with E-state index >= 15 is 0 Å². The summed E-state index contributed by atoms with van der Waals surface area (Å²) < 4.78 is 6.36. The molecule has 57 heavy (non-hydrogen) atoms. The summed E-state index contributed by atoms with van der Waals surface area (Å²) in [6, 6.07) is 66.8. The zero-order chi connectivity index (χ0) is 37.7. The number of benzene rings is 8. The SMILES string of the molecule is c1ccc(-c2nc(-c3ccc(-c4cccc5c4oc4ccccc45)cc3)nc(-c3cccc(-c4cccc5c(-c6ccccc6)nc6ccccc6c45)c3)n2)cc1. The van der Waals surface area contributed by atoms with E-state index in [1.807, 2.05) is 54.6 Å². The van der Waals surface area contributed by atoms with Gasteiger partial charge in [-0.25, -0.2) is 19.9 Å². The van der Waals surface area contributed by atoms with Crippen LogP contribution in [0.3, 0.4) is 0 Å². The molecule has 3 heterocycles. The molecule has 0 amide bonds. The van der Waals surface area contributed by atoms with Gasteiger partial charge in [-0.3, -0.25) is 0 Å². The Kier molecular flexibility index (Phi) is 7.74. The first kappa shape index (κ1) is 32.7. The summed E-state index contributed by atoms with van der Waals surface area (Å²) in [5, 5.41) is 5.61. The molecule has 8 aromatic carbocycles. The van der Waals surface area contributed by atoms with Crippen LogP contribution in [0.4, 0.5) is 0 Å². The number of nitrogens with zero attached hydrogens (tertiary/aromatic N) is 4. The van der Waals surface area contributed by atoms with Crippen molar-refractivity contribution in [1.29, 1.82) is 0 Å². The van der Waals surface area contributed by atoms with Crippen LogP contribution in [-0.4, -0.2) is 19.9 Å². The second kappa shape index (κ2) is 13.5. The summed E-state index contributed by atoms with van der Waals surface area (Å²) in [4.78, 5) is 20.4. The van der Waals surface area contributed by atoms with Crippen molar-refractivity contribution in [3.63, 3.8) is 0 Å². The minimum absolute atomic E-state index is 0.604. The highest BCUT2D eigenvalue weighted by atomic mass is 16.3. The third-order valence-electron chi connectivity index (χ3n) is 10.7. The smallest absolute Gasteiger partial charge is 0.164 e. The molecule has 0 aliphatic carbocycles. The van der Waals surface area contributed by atoms with Gasteiger partial charge < -0.3 is 4.42 Å². The summed E-state index contributed by atoms with van der Waals surface area (Å²) in [6.07, 6.45) is 0. The van der Waals surface area contributed by atoms with Crippen LogP contribution < -0.4 is 0 Å². The van der Waals surface area contributed by atoms with Crippen molar-refractivity contribution in [3.05, 3.63) is 194 Å². The van der Waals surface area contributed by atoms with Gasteiger partial charge in [0.15, 0.2) is 17.5 Å². The second-order valence-corrected chi connectivity index (χ2v) is 14.2. The average molecular weight is 729 g/mol. The lowest BCUT2D eigenvalue weighted by Crippen LogP contribution is -2.00. The Hall–Kier alpha value is -7.76. The number of pyridine rings is 1. The van der Waals surface area contributed by atoms with E-state index in [4.69, 9.17) is 24.4 Å². The molecule has 0 N–H and O–H groups in total. The lowest BCUT2D eigenvalue weighted by atomic mass is 9.92. The number of hydrogen-bond acceptors (Lipinski definition) is 5. The quantitative estimate of drug-likeness (QED) is 0.160. The molecule has 0 saturated heterocycles. The van der Waals surface area contributed by atoms with Gasteiger partial charge in [0.05, 0.1) is 11.2 Å². The molecule has 0 radical (unpaired) electrons. The zero-order valence-corrected chi connectivity index (χ0v) is 30.7. The fourth-order valence-electron chi connectivity index (χ4n) is 8.01. The minimum Gasteiger partial charge on any atom is -0.455 e. The fourth-order valence-corrected chi connectivity index (χ4v) is 8.01. The highest BCUT2D eigenvalue weighted by molar-refractivity contribution is 6.17. The fraction of sp³-hybridized carbons (Fsp3) is 0. The first-order valence-corrected chi connectivity index (χ1v) is 19.1. The molecule has 0 fully saturated rings. The van der Waals surface area contributed by atoms with Crippen molar-refractivity contribution in [2.75, 3.05) is 0 Å². The second-order valence-electron chi connectivity index (χ2n) is 14.2. The van der Waals surface area contributed by atoms with Gasteiger partial charge in [-0.15, -0.1) is 0 Å². The predicted molar refractivity (Wildman–Crippen MR) is 233 cm³/mol. The Balaban J connectivity index is 1.04. The van der Waals surface area contributed by atoms with Gasteiger partial charge in [-0.2, -0.15) is 0 Å². The van der Waals surface area contributed by atoms with Crippen molar-refractivity contribution < 1.29 is 4.42 Å². The Morgan fingerprint density at radius 1 is 0.316 bits per heavy atom. The molecule has 11 rings (SSSR count). The Morgan fingerprint density at radius 2 is 0.842 bits per heavy atom. The molecule has 5 heteroatoms. The van der Waals surface area contributed by atoms with Crippen LogP contribution in [0.5, 0.6) is 0 Å². The number of fused-ring (bicyclic) bond motifs is 6. The van der Waals surface area contributed by atoms with Crippen molar-refractivity contribution in [3.8, 4) is 67.7 Å².